The molecule has 3 amide bonds. The fourth-order valence-corrected chi connectivity index (χ4v) is 4.41. The van der Waals surface area contributed by atoms with Crippen LogP contribution in [-0.2, 0) is 9.59 Å². The van der Waals surface area contributed by atoms with Gasteiger partial charge in [-0.15, -0.1) is 0 Å². The van der Waals surface area contributed by atoms with Crippen molar-refractivity contribution in [1.29, 1.82) is 0 Å². The van der Waals surface area contributed by atoms with Gasteiger partial charge in [-0.25, -0.2) is 4.79 Å². The maximum absolute atomic E-state index is 12.8. The lowest BCUT2D eigenvalue weighted by molar-refractivity contribution is -0.127. The van der Waals surface area contributed by atoms with Crippen LogP contribution in [0.5, 0.6) is 0 Å². The number of thioether (sulfide) groups is 1. The maximum atomic E-state index is 12.8. The smallest absolute Gasteiger partial charge is 0.335 e. The van der Waals surface area contributed by atoms with E-state index in [4.69, 9.17) is 16.0 Å². The van der Waals surface area contributed by atoms with E-state index in [1.807, 2.05) is 6.92 Å². The van der Waals surface area contributed by atoms with Crippen molar-refractivity contribution < 1.29 is 28.7 Å². The average molecular weight is 511 g/mol. The predicted molar refractivity (Wildman–Crippen MR) is 133 cm³/mol. The van der Waals surface area contributed by atoms with Crippen molar-refractivity contribution in [2.75, 3.05) is 11.9 Å². The number of benzene rings is 2. The molecule has 0 radical (unpaired) electrons. The molecule has 0 atom stereocenters. The fraction of sp³-hybridized carbons (Fsp3) is 0.120. The summed E-state index contributed by atoms with van der Waals surface area (Å²) in [5.74, 6) is -1.47. The van der Waals surface area contributed by atoms with E-state index >= 15 is 0 Å². The van der Waals surface area contributed by atoms with E-state index < -0.39 is 29.6 Å². The SMILES string of the molecule is Cc1ccc(Cl)cc1NC(=O)CN1C(=O)S/C(=C\c2ccc(-c3cc(C(=O)O)ccc3C)o2)C1=O. The number of nitrogens with zero attached hydrogens (tertiary/aromatic N) is 1. The van der Waals surface area contributed by atoms with Gasteiger partial charge in [-0.1, -0.05) is 23.7 Å². The van der Waals surface area contributed by atoms with Gasteiger partial charge in [0.1, 0.15) is 18.1 Å². The fourth-order valence-electron chi connectivity index (χ4n) is 3.42. The number of hydrogen-bond acceptors (Lipinski definition) is 6. The Morgan fingerprint density at radius 3 is 2.57 bits per heavy atom. The number of imide groups is 1. The molecule has 1 aliphatic heterocycles. The summed E-state index contributed by atoms with van der Waals surface area (Å²) in [6.07, 6.45) is 1.42. The lowest BCUT2D eigenvalue weighted by Gasteiger charge is -2.13. The van der Waals surface area contributed by atoms with E-state index in [1.165, 1.54) is 18.2 Å². The number of furan rings is 1. The second-order valence-electron chi connectivity index (χ2n) is 7.81. The zero-order valence-electron chi connectivity index (χ0n) is 18.6. The van der Waals surface area contributed by atoms with Crippen molar-refractivity contribution in [2.24, 2.45) is 0 Å². The molecule has 1 fully saturated rings. The molecule has 0 bridgehead atoms. The van der Waals surface area contributed by atoms with Crippen molar-refractivity contribution in [2.45, 2.75) is 13.8 Å². The molecule has 1 aliphatic rings. The van der Waals surface area contributed by atoms with Gasteiger partial charge in [-0.05, 0) is 73.1 Å². The first-order valence-corrected chi connectivity index (χ1v) is 11.6. The Morgan fingerprint density at radius 2 is 1.83 bits per heavy atom. The molecule has 0 unspecified atom stereocenters. The Hall–Kier alpha value is -3.82. The lowest BCUT2D eigenvalue weighted by Crippen LogP contribution is -2.36. The minimum Gasteiger partial charge on any atom is -0.478 e. The molecule has 0 spiro atoms. The minimum absolute atomic E-state index is 0.110. The zero-order valence-corrected chi connectivity index (χ0v) is 20.2. The quantitative estimate of drug-likeness (QED) is 0.415. The number of carboxylic acids is 1. The number of carbonyl (C=O) groups is 4. The Kier molecular flexibility index (Phi) is 6.81. The van der Waals surface area contributed by atoms with Crippen LogP contribution in [0, 0.1) is 13.8 Å². The van der Waals surface area contributed by atoms with Crippen LogP contribution in [-0.4, -0.2) is 39.6 Å². The summed E-state index contributed by atoms with van der Waals surface area (Å²) in [4.78, 5) is 49.9. The highest BCUT2D eigenvalue weighted by Crippen LogP contribution is 2.34. The third-order valence-corrected chi connectivity index (χ3v) is 6.44. The summed E-state index contributed by atoms with van der Waals surface area (Å²) in [7, 11) is 0. The van der Waals surface area contributed by atoms with Gasteiger partial charge in [-0.2, -0.15) is 0 Å². The highest BCUT2D eigenvalue weighted by atomic mass is 35.5. The molecular formula is C25H19ClN2O6S. The van der Waals surface area contributed by atoms with Crippen molar-refractivity contribution in [3.8, 4) is 11.3 Å². The predicted octanol–water partition coefficient (Wildman–Crippen LogP) is 5.59. The second-order valence-corrected chi connectivity index (χ2v) is 9.24. The largest absolute Gasteiger partial charge is 0.478 e. The van der Waals surface area contributed by atoms with E-state index in [0.717, 1.165) is 16.0 Å². The summed E-state index contributed by atoms with van der Waals surface area (Å²) in [6, 6.07) is 13.0. The first kappa shape index (κ1) is 24.3. The van der Waals surface area contributed by atoms with Crippen LogP contribution in [0.3, 0.4) is 0 Å². The maximum Gasteiger partial charge on any atom is 0.335 e. The number of halogens is 1. The normalized spacial score (nSPS) is 14.6. The van der Waals surface area contributed by atoms with Gasteiger partial charge < -0.3 is 14.8 Å². The summed E-state index contributed by atoms with van der Waals surface area (Å²) < 4.78 is 5.79. The molecule has 1 aromatic heterocycles. The Balaban J connectivity index is 1.49. The highest BCUT2D eigenvalue weighted by molar-refractivity contribution is 8.18. The molecular weight excluding hydrogens is 492 g/mol. The number of carboxylic acid groups (broad SMARTS) is 1. The molecule has 1 saturated heterocycles. The number of nitrogens with one attached hydrogen (secondary N) is 1. The van der Waals surface area contributed by atoms with Crippen LogP contribution in [0.15, 0.2) is 57.9 Å². The van der Waals surface area contributed by atoms with Crippen LogP contribution in [0.25, 0.3) is 17.4 Å². The molecule has 0 saturated carbocycles. The monoisotopic (exact) mass is 510 g/mol. The summed E-state index contributed by atoms with van der Waals surface area (Å²) in [5.41, 5.74) is 2.82. The third-order valence-electron chi connectivity index (χ3n) is 5.30. The van der Waals surface area contributed by atoms with E-state index in [9.17, 15) is 24.3 Å². The number of amides is 3. The molecule has 8 nitrogen and oxygen atoms in total. The van der Waals surface area contributed by atoms with Crippen LogP contribution in [0.4, 0.5) is 10.5 Å². The lowest BCUT2D eigenvalue weighted by atomic mass is 10.0. The summed E-state index contributed by atoms with van der Waals surface area (Å²) in [6.45, 7) is 3.18. The van der Waals surface area contributed by atoms with Gasteiger partial charge in [0.15, 0.2) is 0 Å². The van der Waals surface area contributed by atoms with Gasteiger partial charge in [0, 0.05) is 22.3 Å². The highest BCUT2D eigenvalue weighted by Gasteiger charge is 2.36. The molecule has 0 aliphatic carbocycles. The average Bonchev–Trinajstić information content (AvgIpc) is 3.36. The van der Waals surface area contributed by atoms with E-state index in [0.29, 0.717) is 39.6 Å². The molecule has 10 heteroatoms. The van der Waals surface area contributed by atoms with E-state index in [2.05, 4.69) is 5.32 Å². The molecule has 2 aromatic carbocycles. The van der Waals surface area contributed by atoms with Crippen molar-refractivity contribution in [3.63, 3.8) is 0 Å². The number of carbonyl (C=O) groups excluding carboxylic acids is 3. The van der Waals surface area contributed by atoms with Gasteiger partial charge in [0.2, 0.25) is 5.91 Å². The van der Waals surface area contributed by atoms with E-state index in [1.54, 1.807) is 43.3 Å². The number of hydrogen-bond donors (Lipinski definition) is 2. The molecule has 2 N–H and O–H groups in total. The molecule has 35 heavy (non-hydrogen) atoms. The van der Waals surface area contributed by atoms with Gasteiger partial charge in [-0.3, -0.25) is 19.3 Å². The molecule has 3 aromatic rings. The Bertz CT molecular complexity index is 1410. The van der Waals surface area contributed by atoms with Gasteiger partial charge in [0.05, 0.1) is 10.5 Å². The minimum atomic E-state index is -1.05. The number of aryl methyl sites for hydroxylation is 2. The standard InChI is InChI=1S/C25H19ClN2O6S/c1-13-3-5-15(24(31)32)9-18(13)20-8-7-17(34-20)11-21-23(30)28(25(33)35-21)12-22(29)27-19-10-16(26)6-4-14(19)2/h3-11H,12H2,1-2H3,(H,27,29)(H,31,32)/b21-11-. The second kappa shape index (κ2) is 9.81. The van der Waals surface area contributed by atoms with Crippen LogP contribution in [0.2, 0.25) is 5.02 Å². The molecule has 178 valence electrons. The van der Waals surface area contributed by atoms with Crippen molar-refractivity contribution >= 4 is 58.1 Å². The number of rotatable bonds is 6. The molecule has 2 heterocycles. The van der Waals surface area contributed by atoms with E-state index in [-0.39, 0.29) is 10.5 Å². The van der Waals surface area contributed by atoms with Crippen molar-refractivity contribution in [3.05, 3.63) is 80.9 Å². The van der Waals surface area contributed by atoms with Crippen LogP contribution >= 0.6 is 23.4 Å². The van der Waals surface area contributed by atoms with Crippen LogP contribution in [0.1, 0.15) is 27.2 Å². The zero-order chi connectivity index (χ0) is 25.3. The van der Waals surface area contributed by atoms with Gasteiger partial charge in [0.25, 0.3) is 11.1 Å². The third kappa shape index (κ3) is 5.31. The topological polar surface area (TPSA) is 117 Å². The van der Waals surface area contributed by atoms with Crippen LogP contribution < -0.4 is 5.32 Å². The summed E-state index contributed by atoms with van der Waals surface area (Å²) >= 11 is 6.67. The molecule has 4 rings (SSSR count). The number of aromatic carboxylic acids is 1. The first-order valence-electron chi connectivity index (χ1n) is 10.4. The summed E-state index contributed by atoms with van der Waals surface area (Å²) in [5, 5.41) is 11.8. The van der Waals surface area contributed by atoms with Crippen molar-refractivity contribution in [1.82, 2.24) is 4.90 Å². The first-order chi connectivity index (χ1) is 16.6. The Morgan fingerprint density at radius 1 is 1.09 bits per heavy atom. The number of anilines is 1. The Labute approximate surface area is 209 Å². The van der Waals surface area contributed by atoms with Gasteiger partial charge >= 0.3 is 5.97 Å².